The molecule has 0 spiro atoms. The second kappa shape index (κ2) is 7.17. The standard InChI is InChI=1S/C19H29NO2/c1-15-9-8-12-17(14-13-16-10-6-5-7-11-16)20(15)18(21)22-19(2,3)4/h5-7,10-11,15,17H,8-9,12-14H2,1-4H3. The predicted octanol–water partition coefficient (Wildman–Crippen LogP) is 4.80. The van der Waals surface area contributed by atoms with E-state index in [0.717, 1.165) is 25.7 Å². The molecule has 0 aliphatic carbocycles. The van der Waals surface area contributed by atoms with Gasteiger partial charge in [0.2, 0.25) is 0 Å². The summed E-state index contributed by atoms with van der Waals surface area (Å²) >= 11 is 0. The van der Waals surface area contributed by atoms with Crippen LogP contribution in [0.5, 0.6) is 0 Å². The van der Waals surface area contributed by atoms with Crippen LogP contribution in [0.2, 0.25) is 0 Å². The summed E-state index contributed by atoms with van der Waals surface area (Å²) in [5.74, 6) is 0. The molecule has 2 rings (SSSR count). The second-order valence-corrected chi connectivity index (χ2v) is 7.35. The molecular formula is C19H29NO2. The molecule has 1 fully saturated rings. The van der Waals surface area contributed by atoms with Gasteiger partial charge in [-0.3, -0.25) is 0 Å². The zero-order valence-corrected chi connectivity index (χ0v) is 14.3. The van der Waals surface area contributed by atoms with E-state index in [1.54, 1.807) is 0 Å². The molecule has 3 heteroatoms. The first kappa shape index (κ1) is 16.9. The van der Waals surface area contributed by atoms with Crippen molar-refractivity contribution in [3.8, 4) is 0 Å². The predicted molar refractivity (Wildman–Crippen MR) is 89.9 cm³/mol. The van der Waals surface area contributed by atoms with Crippen molar-refractivity contribution in [3.63, 3.8) is 0 Å². The van der Waals surface area contributed by atoms with E-state index in [1.807, 2.05) is 31.7 Å². The highest BCUT2D eigenvalue weighted by Gasteiger charge is 2.34. The average Bonchev–Trinajstić information content (AvgIpc) is 2.44. The van der Waals surface area contributed by atoms with Crippen molar-refractivity contribution in [1.82, 2.24) is 4.90 Å². The summed E-state index contributed by atoms with van der Waals surface area (Å²) in [6, 6.07) is 11.1. The van der Waals surface area contributed by atoms with Crippen LogP contribution in [0, 0.1) is 0 Å². The number of aryl methyl sites for hydroxylation is 1. The fourth-order valence-corrected chi connectivity index (χ4v) is 3.19. The quantitative estimate of drug-likeness (QED) is 0.803. The lowest BCUT2D eigenvalue weighted by molar-refractivity contribution is -0.00390. The minimum Gasteiger partial charge on any atom is -0.444 e. The van der Waals surface area contributed by atoms with E-state index >= 15 is 0 Å². The van der Waals surface area contributed by atoms with Crippen LogP contribution < -0.4 is 0 Å². The maximum Gasteiger partial charge on any atom is 0.410 e. The van der Waals surface area contributed by atoms with Gasteiger partial charge in [0.25, 0.3) is 0 Å². The smallest absolute Gasteiger partial charge is 0.410 e. The lowest BCUT2D eigenvalue weighted by atomic mass is 9.92. The molecule has 1 aliphatic rings. The van der Waals surface area contributed by atoms with Crippen molar-refractivity contribution in [2.45, 2.75) is 77.5 Å². The van der Waals surface area contributed by atoms with Crippen molar-refractivity contribution >= 4 is 6.09 Å². The van der Waals surface area contributed by atoms with Gasteiger partial charge in [-0.05, 0) is 65.4 Å². The van der Waals surface area contributed by atoms with Gasteiger partial charge in [0.1, 0.15) is 5.60 Å². The third-order valence-electron chi connectivity index (χ3n) is 4.24. The van der Waals surface area contributed by atoms with Gasteiger partial charge in [0.15, 0.2) is 0 Å². The SMILES string of the molecule is CC1CCCC(CCc2ccccc2)N1C(=O)OC(C)(C)C. The Bertz CT molecular complexity index is 478. The van der Waals surface area contributed by atoms with E-state index < -0.39 is 5.60 Å². The lowest BCUT2D eigenvalue weighted by Gasteiger charge is -2.41. The summed E-state index contributed by atoms with van der Waals surface area (Å²) in [5.41, 5.74) is 0.906. The molecule has 1 heterocycles. The molecule has 2 unspecified atom stereocenters. The molecule has 0 radical (unpaired) electrons. The van der Waals surface area contributed by atoms with Gasteiger partial charge in [0, 0.05) is 12.1 Å². The molecule has 2 atom stereocenters. The summed E-state index contributed by atoms with van der Waals surface area (Å²) in [6.45, 7) is 7.92. The third-order valence-corrected chi connectivity index (χ3v) is 4.24. The highest BCUT2D eigenvalue weighted by molar-refractivity contribution is 5.69. The van der Waals surface area contributed by atoms with Crippen LogP contribution in [-0.2, 0) is 11.2 Å². The molecule has 3 nitrogen and oxygen atoms in total. The number of rotatable bonds is 3. The van der Waals surface area contributed by atoms with Crippen LogP contribution in [0.25, 0.3) is 0 Å². The number of carbonyl (C=O) groups is 1. The summed E-state index contributed by atoms with van der Waals surface area (Å²) < 4.78 is 5.62. The van der Waals surface area contributed by atoms with Crippen molar-refractivity contribution in [2.24, 2.45) is 0 Å². The van der Waals surface area contributed by atoms with Crippen LogP contribution in [0.3, 0.4) is 0 Å². The first-order valence-electron chi connectivity index (χ1n) is 8.42. The largest absolute Gasteiger partial charge is 0.444 e. The Kier molecular flexibility index (Phi) is 5.49. The average molecular weight is 303 g/mol. The molecule has 1 aromatic carbocycles. The fraction of sp³-hybridized carbons (Fsp3) is 0.632. The van der Waals surface area contributed by atoms with E-state index in [0.29, 0.717) is 6.04 Å². The summed E-state index contributed by atoms with van der Waals surface area (Å²) in [4.78, 5) is 14.5. The number of benzene rings is 1. The monoisotopic (exact) mass is 303 g/mol. The van der Waals surface area contributed by atoms with E-state index in [-0.39, 0.29) is 12.1 Å². The molecule has 22 heavy (non-hydrogen) atoms. The maximum absolute atomic E-state index is 12.5. The Hall–Kier alpha value is -1.51. The van der Waals surface area contributed by atoms with E-state index in [9.17, 15) is 4.79 Å². The van der Waals surface area contributed by atoms with Gasteiger partial charge in [-0.2, -0.15) is 0 Å². The summed E-state index contributed by atoms with van der Waals surface area (Å²) in [6.07, 6.45) is 5.21. The number of hydrogen-bond donors (Lipinski definition) is 0. The highest BCUT2D eigenvalue weighted by Crippen LogP contribution is 2.28. The van der Waals surface area contributed by atoms with Gasteiger partial charge < -0.3 is 9.64 Å². The van der Waals surface area contributed by atoms with E-state index in [2.05, 4.69) is 31.2 Å². The zero-order valence-electron chi connectivity index (χ0n) is 14.3. The summed E-state index contributed by atoms with van der Waals surface area (Å²) in [5, 5.41) is 0. The molecule has 0 bridgehead atoms. The molecule has 1 saturated heterocycles. The van der Waals surface area contributed by atoms with Crippen LogP contribution in [0.4, 0.5) is 4.79 Å². The second-order valence-electron chi connectivity index (χ2n) is 7.35. The van der Waals surface area contributed by atoms with E-state index in [1.165, 1.54) is 12.0 Å². The zero-order chi connectivity index (χ0) is 16.2. The number of piperidine rings is 1. The van der Waals surface area contributed by atoms with E-state index in [4.69, 9.17) is 4.74 Å². The molecule has 0 aromatic heterocycles. The molecule has 122 valence electrons. The Morgan fingerprint density at radius 3 is 2.55 bits per heavy atom. The van der Waals surface area contributed by atoms with Crippen LogP contribution in [0.15, 0.2) is 30.3 Å². The molecule has 0 saturated carbocycles. The number of hydrogen-bond acceptors (Lipinski definition) is 2. The first-order valence-corrected chi connectivity index (χ1v) is 8.42. The Morgan fingerprint density at radius 1 is 1.23 bits per heavy atom. The third kappa shape index (κ3) is 4.75. The molecular weight excluding hydrogens is 274 g/mol. The van der Waals surface area contributed by atoms with Crippen LogP contribution in [0.1, 0.15) is 58.9 Å². The number of carbonyl (C=O) groups excluding carboxylic acids is 1. The first-order chi connectivity index (χ1) is 10.4. The number of likely N-dealkylation sites (tertiary alicyclic amines) is 1. The normalized spacial score (nSPS) is 22.5. The molecule has 1 aromatic rings. The minimum atomic E-state index is -0.432. The van der Waals surface area contributed by atoms with Gasteiger partial charge in [-0.15, -0.1) is 0 Å². The van der Waals surface area contributed by atoms with Crippen molar-refractivity contribution in [1.29, 1.82) is 0 Å². The number of nitrogens with zero attached hydrogens (tertiary/aromatic N) is 1. The van der Waals surface area contributed by atoms with Crippen LogP contribution >= 0.6 is 0 Å². The minimum absolute atomic E-state index is 0.155. The highest BCUT2D eigenvalue weighted by atomic mass is 16.6. The summed E-state index contributed by atoms with van der Waals surface area (Å²) in [7, 11) is 0. The fourth-order valence-electron chi connectivity index (χ4n) is 3.19. The topological polar surface area (TPSA) is 29.5 Å². The van der Waals surface area contributed by atoms with Gasteiger partial charge in [-0.25, -0.2) is 4.79 Å². The Balaban J connectivity index is 2.01. The van der Waals surface area contributed by atoms with Crippen molar-refractivity contribution in [2.75, 3.05) is 0 Å². The van der Waals surface area contributed by atoms with Crippen molar-refractivity contribution < 1.29 is 9.53 Å². The maximum atomic E-state index is 12.5. The molecule has 1 aliphatic heterocycles. The lowest BCUT2D eigenvalue weighted by Crippen LogP contribution is -2.50. The number of amides is 1. The number of ether oxygens (including phenoxy) is 1. The van der Waals surface area contributed by atoms with Crippen LogP contribution in [-0.4, -0.2) is 28.7 Å². The van der Waals surface area contributed by atoms with Gasteiger partial charge in [0.05, 0.1) is 0 Å². The van der Waals surface area contributed by atoms with Gasteiger partial charge in [-0.1, -0.05) is 30.3 Å². The molecule has 0 N–H and O–H groups in total. The Labute approximate surface area is 134 Å². The molecule has 1 amide bonds. The van der Waals surface area contributed by atoms with Crippen molar-refractivity contribution in [3.05, 3.63) is 35.9 Å². The van der Waals surface area contributed by atoms with Gasteiger partial charge >= 0.3 is 6.09 Å². The Morgan fingerprint density at radius 2 is 1.91 bits per heavy atom.